The van der Waals surface area contributed by atoms with Crippen molar-refractivity contribution in [3.63, 3.8) is 0 Å². The predicted octanol–water partition coefficient (Wildman–Crippen LogP) is 4.63. The zero-order chi connectivity index (χ0) is 27.9. The van der Waals surface area contributed by atoms with Crippen LogP contribution < -0.4 is 14.2 Å². The van der Waals surface area contributed by atoms with Gasteiger partial charge in [0.25, 0.3) is 0 Å². The summed E-state index contributed by atoms with van der Waals surface area (Å²) in [6.07, 6.45) is 3.10. The molecule has 0 bridgehead atoms. The lowest BCUT2D eigenvalue weighted by Gasteiger charge is -2.23. The van der Waals surface area contributed by atoms with Crippen molar-refractivity contribution >= 4 is 12.0 Å². The smallest absolute Gasteiger partial charge is 0.330 e. The molecule has 1 aliphatic heterocycles. The fourth-order valence-corrected chi connectivity index (χ4v) is 4.71. The summed E-state index contributed by atoms with van der Waals surface area (Å²) in [5.41, 5.74) is 2.40. The van der Waals surface area contributed by atoms with Gasteiger partial charge in [0.2, 0.25) is 0 Å². The molecule has 1 heterocycles. The number of methoxy groups -OCH3 is 3. The lowest BCUT2D eigenvalue weighted by Crippen LogP contribution is -2.24. The van der Waals surface area contributed by atoms with E-state index in [1.807, 2.05) is 6.07 Å². The Labute approximate surface area is 226 Å². The van der Waals surface area contributed by atoms with E-state index in [-0.39, 0.29) is 35.7 Å². The Morgan fingerprint density at radius 2 is 1.49 bits per heavy atom. The van der Waals surface area contributed by atoms with E-state index in [1.54, 1.807) is 48.5 Å². The second kappa shape index (κ2) is 12.4. The second-order valence-corrected chi connectivity index (χ2v) is 9.21. The Kier molecular flexibility index (Phi) is 8.83. The number of phenolic OH excluding ortho intramolecular Hbond substituents is 3. The van der Waals surface area contributed by atoms with Crippen molar-refractivity contribution in [3.8, 4) is 34.5 Å². The van der Waals surface area contributed by atoms with Crippen LogP contribution in [0.25, 0.3) is 6.08 Å². The second-order valence-electron chi connectivity index (χ2n) is 9.21. The summed E-state index contributed by atoms with van der Waals surface area (Å²) in [5, 5.41) is 29.8. The minimum atomic E-state index is -0.527. The zero-order valence-electron chi connectivity index (χ0n) is 22.0. The molecule has 0 saturated carbocycles. The van der Waals surface area contributed by atoms with E-state index in [1.165, 1.54) is 33.5 Å². The van der Waals surface area contributed by atoms with Crippen molar-refractivity contribution < 1.29 is 43.8 Å². The SMILES string of the molecule is COc1cc(/C=C/C(=O)OCC2C(Cc3ccc(O)c(OC)c3)COC2c2ccc(O)c(OC)c2)ccc1O. The molecule has 3 aromatic rings. The van der Waals surface area contributed by atoms with E-state index in [2.05, 4.69) is 0 Å². The largest absolute Gasteiger partial charge is 0.504 e. The maximum Gasteiger partial charge on any atom is 0.330 e. The first-order valence-corrected chi connectivity index (χ1v) is 12.4. The van der Waals surface area contributed by atoms with Gasteiger partial charge in [0.05, 0.1) is 40.6 Å². The van der Waals surface area contributed by atoms with Crippen LogP contribution >= 0.6 is 0 Å². The number of aromatic hydroxyl groups is 3. The van der Waals surface area contributed by atoms with Gasteiger partial charge in [-0.05, 0) is 71.5 Å². The minimum absolute atomic E-state index is 0.00709. The average molecular weight is 537 g/mol. The molecule has 9 nitrogen and oxygen atoms in total. The molecule has 0 amide bonds. The van der Waals surface area contributed by atoms with E-state index in [0.717, 1.165) is 11.1 Å². The van der Waals surface area contributed by atoms with Gasteiger partial charge in [0.1, 0.15) is 0 Å². The van der Waals surface area contributed by atoms with Gasteiger partial charge >= 0.3 is 5.97 Å². The summed E-state index contributed by atoms with van der Waals surface area (Å²) in [5.74, 6) is 0.346. The molecule has 39 heavy (non-hydrogen) atoms. The first-order valence-electron chi connectivity index (χ1n) is 12.4. The molecule has 1 aliphatic rings. The highest BCUT2D eigenvalue weighted by Gasteiger charge is 2.39. The summed E-state index contributed by atoms with van der Waals surface area (Å²) in [4.78, 5) is 12.6. The van der Waals surface area contributed by atoms with Gasteiger partial charge in [-0.2, -0.15) is 0 Å². The summed E-state index contributed by atoms with van der Waals surface area (Å²) in [6.45, 7) is 0.512. The zero-order valence-corrected chi connectivity index (χ0v) is 22.0. The molecule has 0 spiro atoms. The van der Waals surface area contributed by atoms with Crippen LogP contribution in [0.2, 0.25) is 0 Å². The first-order chi connectivity index (χ1) is 18.8. The highest BCUT2D eigenvalue weighted by Crippen LogP contribution is 2.43. The highest BCUT2D eigenvalue weighted by molar-refractivity contribution is 5.87. The molecular weight excluding hydrogens is 504 g/mol. The number of esters is 1. The van der Waals surface area contributed by atoms with Crippen molar-refractivity contribution in [2.24, 2.45) is 11.8 Å². The van der Waals surface area contributed by atoms with Gasteiger partial charge in [-0.1, -0.05) is 18.2 Å². The van der Waals surface area contributed by atoms with Crippen molar-refractivity contribution in [3.05, 3.63) is 77.4 Å². The predicted molar refractivity (Wildman–Crippen MR) is 143 cm³/mol. The van der Waals surface area contributed by atoms with Crippen molar-refractivity contribution in [1.29, 1.82) is 0 Å². The van der Waals surface area contributed by atoms with E-state index < -0.39 is 12.1 Å². The normalized spacial score (nSPS) is 18.7. The van der Waals surface area contributed by atoms with Crippen LogP contribution in [0, 0.1) is 11.8 Å². The molecule has 0 radical (unpaired) electrons. The number of carbonyl (C=O) groups is 1. The van der Waals surface area contributed by atoms with Crippen LogP contribution in [0.1, 0.15) is 22.8 Å². The molecule has 3 N–H and O–H groups in total. The van der Waals surface area contributed by atoms with Gasteiger partial charge in [-0.25, -0.2) is 4.79 Å². The molecule has 3 atom stereocenters. The van der Waals surface area contributed by atoms with Crippen molar-refractivity contribution in [1.82, 2.24) is 0 Å². The van der Waals surface area contributed by atoms with Gasteiger partial charge in [-0.3, -0.25) is 0 Å². The fraction of sp³-hybridized carbons (Fsp3) is 0.300. The Balaban J connectivity index is 1.52. The van der Waals surface area contributed by atoms with E-state index in [9.17, 15) is 20.1 Å². The standard InChI is InChI=1S/C30H32O9/c1-35-26-13-18(4-8-23(26)31)6-11-29(34)38-17-22-21(12-19-5-9-24(32)27(14-19)36-2)16-39-30(22)20-7-10-25(33)28(15-20)37-3/h4-11,13-15,21-22,30-33H,12,16-17H2,1-3H3/b11-6+. The topological polar surface area (TPSA) is 124 Å². The van der Waals surface area contributed by atoms with Crippen LogP contribution in [-0.2, 0) is 20.7 Å². The monoisotopic (exact) mass is 536 g/mol. The lowest BCUT2D eigenvalue weighted by molar-refractivity contribution is -0.139. The number of benzene rings is 3. The summed E-state index contributed by atoms with van der Waals surface area (Å²) in [7, 11) is 4.42. The third kappa shape index (κ3) is 6.56. The summed E-state index contributed by atoms with van der Waals surface area (Å²) < 4.78 is 27.5. The van der Waals surface area contributed by atoms with Gasteiger partial charge in [0, 0.05) is 12.0 Å². The number of ether oxygens (including phenoxy) is 5. The number of rotatable bonds is 10. The molecular formula is C30H32O9. The maximum absolute atomic E-state index is 12.6. The van der Waals surface area contributed by atoms with E-state index in [4.69, 9.17) is 23.7 Å². The molecule has 4 rings (SSSR count). The van der Waals surface area contributed by atoms with Crippen LogP contribution in [0.15, 0.2) is 60.7 Å². The van der Waals surface area contributed by atoms with Crippen LogP contribution in [0.4, 0.5) is 0 Å². The van der Waals surface area contributed by atoms with Crippen LogP contribution in [0.3, 0.4) is 0 Å². The lowest BCUT2D eigenvalue weighted by atomic mass is 9.84. The van der Waals surface area contributed by atoms with Crippen molar-refractivity contribution in [2.45, 2.75) is 12.5 Å². The Bertz CT molecular complexity index is 1330. The quantitative estimate of drug-likeness (QED) is 0.251. The molecule has 1 fully saturated rings. The average Bonchev–Trinajstić information content (AvgIpc) is 3.34. The van der Waals surface area contributed by atoms with E-state index in [0.29, 0.717) is 35.8 Å². The molecule has 3 aromatic carbocycles. The van der Waals surface area contributed by atoms with Gasteiger partial charge in [-0.15, -0.1) is 0 Å². The number of phenols is 3. The molecule has 0 aromatic heterocycles. The van der Waals surface area contributed by atoms with E-state index >= 15 is 0 Å². The molecule has 9 heteroatoms. The van der Waals surface area contributed by atoms with Crippen molar-refractivity contribution in [2.75, 3.05) is 34.5 Å². The third-order valence-electron chi connectivity index (χ3n) is 6.79. The molecule has 3 unspecified atom stereocenters. The minimum Gasteiger partial charge on any atom is -0.504 e. The van der Waals surface area contributed by atoms with Gasteiger partial charge < -0.3 is 39.0 Å². The van der Waals surface area contributed by atoms with Crippen LogP contribution in [0.5, 0.6) is 34.5 Å². The number of hydrogen-bond acceptors (Lipinski definition) is 9. The third-order valence-corrected chi connectivity index (χ3v) is 6.79. The highest BCUT2D eigenvalue weighted by atomic mass is 16.5. The maximum atomic E-state index is 12.6. The molecule has 1 saturated heterocycles. The molecule has 206 valence electrons. The van der Waals surface area contributed by atoms with Crippen LogP contribution in [-0.4, -0.2) is 55.8 Å². The number of hydrogen-bond donors (Lipinski definition) is 3. The molecule has 0 aliphatic carbocycles. The fourth-order valence-electron chi connectivity index (χ4n) is 4.71. The Morgan fingerprint density at radius 1 is 0.872 bits per heavy atom. The summed E-state index contributed by atoms with van der Waals surface area (Å²) in [6, 6.07) is 15.0. The van der Waals surface area contributed by atoms with Gasteiger partial charge in [0.15, 0.2) is 34.5 Å². The first kappa shape index (κ1) is 27.7. The Morgan fingerprint density at radius 3 is 2.18 bits per heavy atom. The number of carbonyl (C=O) groups excluding carboxylic acids is 1. The summed E-state index contributed by atoms with van der Waals surface area (Å²) >= 11 is 0. The Hall–Kier alpha value is -4.37.